The standard InChI is InChI=1S/C18H21N5O4/c1-10-11(2)23(27)15(20(10)3)13(12-7-6-8-19-9-12)14-16(24)21(4)18(26)22(5)17(14)25/h6-9,13-14H,1-5H3/t13-/m1/s1. The van der Waals surface area contributed by atoms with E-state index in [1.807, 2.05) is 0 Å². The van der Waals surface area contributed by atoms with E-state index in [0.717, 1.165) is 20.2 Å². The lowest BCUT2D eigenvalue weighted by Gasteiger charge is -2.35. The Morgan fingerprint density at radius 1 is 1.11 bits per heavy atom. The Bertz CT molecular complexity index is 887. The lowest BCUT2D eigenvalue weighted by atomic mass is 9.83. The van der Waals surface area contributed by atoms with Gasteiger partial charge in [-0.1, -0.05) is 6.07 Å². The molecule has 1 atom stereocenters. The van der Waals surface area contributed by atoms with Gasteiger partial charge in [0.05, 0.1) is 7.05 Å². The first-order chi connectivity index (χ1) is 12.7. The van der Waals surface area contributed by atoms with E-state index in [1.165, 1.54) is 20.3 Å². The molecule has 0 spiro atoms. The molecule has 0 aliphatic carbocycles. The first kappa shape index (κ1) is 18.6. The van der Waals surface area contributed by atoms with Crippen molar-refractivity contribution in [1.82, 2.24) is 19.4 Å². The normalized spacial score (nSPS) is 17.0. The maximum absolute atomic E-state index is 12.9. The third-order valence-electron chi connectivity index (χ3n) is 5.31. The smallest absolute Gasteiger partial charge is 0.332 e. The minimum atomic E-state index is -1.24. The van der Waals surface area contributed by atoms with Gasteiger partial charge >= 0.3 is 6.03 Å². The van der Waals surface area contributed by atoms with E-state index in [0.29, 0.717) is 11.3 Å². The second-order valence-electron chi connectivity index (χ2n) is 6.70. The lowest BCUT2D eigenvalue weighted by Crippen LogP contribution is -2.59. The summed E-state index contributed by atoms with van der Waals surface area (Å²) in [6.45, 7) is 3.47. The zero-order chi connectivity index (χ0) is 20.0. The third-order valence-corrected chi connectivity index (χ3v) is 5.31. The van der Waals surface area contributed by atoms with Gasteiger partial charge in [0, 0.05) is 40.3 Å². The molecule has 0 bridgehead atoms. The first-order valence-corrected chi connectivity index (χ1v) is 8.42. The lowest BCUT2D eigenvalue weighted by molar-refractivity contribution is -0.621. The number of imidazole rings is 1. The van der Waals surface area contributed by atoms with Gasteiger partial charge in [-0.2, -0.15) is 0 Å². The topological polar surface area (TPSA) is 102 Å². The number of amides is 4. The van der Waals surface area contributed by atoms with Gasteiger partial charge in [-0.25, -0.2) is 14.1 Å². The Kier molecular flexibility index (Phi) is 4.46. The van der Waals surface area contributed by atoms with Gasteiger partial charge in [0.25, 0.3) is 5.82 Å². The van der Waals surface area contributed by atoms with E-state index in [2.05, 4.69) is 4.98 Å². The van der Waals surface area contributed by atoms with Gasteiger partial charge < -0.3 is 5.21 Å². The highest BCUT2D eigenvalue weighted by atomic mass is 16.5. The summed E-state index contributed by atoms with van der Waals surface area (Å²) in [6, 6.07) is 2.70. The molecule has 9 heteroatoms. The monoisotopic (exact) mass is 371 g/mol. The SMILES string of the molecule is Cc1c(C)[n+]([O-])c([C@H](c2cccnc2)C2C(=O)N(C)C(=O)N(C)C2=O)n1C. The second-order valence-corrected chi connectivity index (χ2v) is 6.70. The highest BCUT2D eigenvalue weighted by Crippen LogP contribution is 2.35. The van der Waals surface area contributed by atoms with Gasteiger partial charge in [0.2, 0.25) is 11.8 Å². The number of nitrogens with zero attached hydrogens (tertiary/aromatic N) is 5. The van der Waals surface area contributed by atoms with Crippen LogP contribution in [0.15, 0.2) is 24.5 Å². The number of aromatic nitrogens is 3. The molecule has 0 radical (unpaired) electrons. The Labute approximate surface area is 156 Å². The van der Waals surface area contributed by atoms with Crippen LogP contribution in [0.4, 0.5) is 4.79 Å². The molecule has 3 heterocycles. The van der Waals surface area contributed by atoms with Crippen LogP contribution >= 0.6 is 0 Å². The van der Waals surface area contributed by atoms with Crippen molar-refractivity contribution < 1.29 is 19.1 Å². The predicted molar refractivity (Wildman–Crippen MR) is 94.4 cm³/mol. The highest BCUT2D eigenvalue weighted by molar-refractivity contribution is 6.16. The van der Waals surface area contributed by atoms with Crippen molar-refractivity contribution in [1.29, 1.82) is 0 Å². The van der Waals surface area contributed by atoms with Gasteiger partial charge in [-0.05, 0) is 11.6 Å². The predicted octanol–water partition coefficient (Wildman–Crippen LogP) is 0.469. The van der Waals surface area contributed by atoms with Crippen LogP contribution in [0.3, 0.4) is 0 Å². The maximum atomic E-state index is 12.9. The molecule has 4 amide bonds. The molecular weight excluding hydrogens is 350 g/mol. The summed E-state index contributed by atoms with van der Waals surface area (Å²) in [7, 11) is 4.37. The number of hydrogen-bond donors (Lipinski definition) is 0. The van der Waals surface area contributed by atoms with E-state index < -0.39 is 29.7 Å². The molecule has 0 unspecified atom stereocenters. The quantitative estimate of drug-likeness (QED) is 0.443. The summed E-state index contributed by atoms with van der Waals surface area (Å²) in [4.78, 5) is 43.8. The van der Waals surface area contributed by atoms with Gasteiger partial charge in [0.1, 0.15) is 23.2 Å². The third kappa shape index (κ3) is 2.66. The van der Waals surface area contributed by atoms with Gasteiger partial charge in [-0.15, -0.1) is 0 Å². The molecular formula is C18H21N5O4. The summed E-state index contributed by atoms with van der Waals surface area (Å²) >= 11 is 0. The summed E-state index contributed by atoms with van der Waals surface area (Å²) in [5.41, 5.74) is 1.75. The fourth-order valence-corrected chi connectivity index (χ4v) is 3.48. The Morgan fingerprint density at radius 2 is 1.70 bits per heavy atom. The van der Waals surface area contributed by atoms with Crippen molar-refractivity contribution in [2.75, 3.05) is 14.1 Å². The molecule has 1 saturated heterocycles. The molecule has 0 saturated carbocycles. The van der Waals surface area contributed by atoms with E-state index in [4.69, 9.17) is 0 Å². The molecule has 9 nitrogen and oxygen atoms in total. The van der Waals surface area contributed by atoms with Crippen molar-refractivity contribution >= 4 is 17.8 Å². The molecule has 1 aliphatic heterocycles. The van der Waals surface area contributed by atoms with Crippen LogP contribution in [0.25, 0.3) is 0 Å². The molecule has 0 N–H and O–H groups in total. The number of hydrogen-bond acceptors (Lipinski definition) is 5. The van der Waals surface area contributed by atoms with Crippen molar-refractivity contribution in [3.63, 3.8) is 0 Å². The van der Waals surface area contributed by atoms with Crippen LogP contribution in [0, 0.1) is 25.0 Å². The van der Waals surface area contributed by atoms with Gasteiger partial charge in [0.15, 0.2) is 0 Å². The number of carbonyl (C=O) groups is 3. The number of imide groups is 2. The van der Waals surface area contributed by atoms with E-state index in [1.54, 1.807) is 43.8 Å². The van der Waals surface area contributed by atoms with E-state index >= 15 is 0 Å². The van der Waals surface area contributed by atoms with E-state index in [9.17, 15) is 19.6 Å². The zero-order valence-corrected chi connectivity index (χ0v) is 15.8. The Hall–Kier alpha value is -3.23. The van der Waals surface area contributed by atoms with Crippen LogP contribution in [-0.4, -0.2) is 51.3 Å². The summed E-state index contributed by atoms with van der Waals surface area (Å²) in [6.07, 6.45) is 3.10. The van der Waals surface area contributed by atoms with Crippen molar-refractivity contribution in [3.8, 4) is 0 Å². The largest absolute Gasteiger partial charge is 0.711 e. The van der Waals surface area contributed by atoms with Crippen LogP contribution in [-0.2, 0) is 16.6 Å². The van der Waals surface area contributed by atoms with Crippen LogP contribution in [0.5, 0.6) is 0 Å². The molecule has 1 aliphatic rings. The minimum absolute atomic E-state index is 0.251. The number of rotatable bonds is 3. The number of pyridine rings is 1. The molecule has 27 heavy (non-hydrogen) atoms. The summed E-state index contributed by atoms with van der Waals surface area (Å²) in [5.74, 6) is -3.16. The fraction of sp³-hybridized carbons (Fsp3) is 0.389. The fourth-order valence-electron chi connectivity index (χ4n) is 3.48. The highest BCUT2D eigenvalue weighted by Gasteiger charge is 2.51. The van der Waals surface area contributed by atoms with E-state index in [-0.39, 0.29) is 5.82 Å². The number of carbonyl (C=O) groups excluding carboxylic acids is 3. The van der Waals surface area contributed by atoms with Crippen molar-refractivity contribution in [2.45, 2.75) is 19.8 Å². The number of barbiturate groups is 1. The Morgan fingerprint density at radius 3 is 2.15 bits per heavy atom. The van der Waals surface area contributed by atoms with Crippen molar-refractivity contribution in [3.05, 3.63) is 52.5 Å². The molecule has 2 aromatic heterocycles. The maximum Gasteiger partial charge on any atom is 0.332 e. The molecule has 142 valence electrons. The Balaban J connectivity index is 2.27. The minimum Gasteiger partial charge on any atom is -0.711 e. The molecule has 2 aromatic rings. The van der Waals surface area contributed by atoms with Crippen molar-refractivity contribution in [2.24, 2.45) is 13.0 Å². The van der Waals surface area contributed by atoms with Crippen LogP contribution in [0.1, 0.15) is 28.7 Å². The molecule has 3 rings (SSSR count). The average Bonchev–Trinajstić information content (AvgIpc) is 2.86. The molecule has 0 aromatic carbocycles. The summed E-state index contributed by atoms with van der Waals surface area (Å²) < 4.78 is 2.42. The van der Waals surface area contributed by atoms with Crippen LogP contribution < -0.4 is 4.73 Å². The number of urea groups is 1. The summed E-state index contributed by atoms with van der Waals surface area (Å²) in [5, 5.41) is 12.9. The second kappa shape index (κ2) is 6.49. The molecule has 1 fully saturated rings. The van der Waals surface area contributed by atoms with Gasteiger partial charge in [-0.3, -0.25) is 24.4 Å². The average molecular weight is 371 g/mol. The zero-order valence-electron chi connectivity index (χ0n) is 15.8. The van der Waals surface area contributed by atoms with Crippen LogP contribution in [0.2, 0.25) is 0 Å². The first-order valence-electron chi connectivity index (χ1n) is 8.42.